The number of cyclic esters (lactones) is 1. The van der Waals surface area contributed by atoms with E-state index >= 15 is 0 Å². The summed E-state index contributed by atoms with van der Waals surface area (Å²) in [5.74, 6) is -3.62. The van der Waals surface area contributed by atoms with Crippen molar-refractivity contribution in [3.8, 4) is 0 Å². The minimum absolute atomic E-state index is 0.134. The molecule has 1 aliphatic rings. The molecule has 0 N–H and O–H groups in total. The number of carbonyl (C=O) groups excluding carboxylic acids is 3. The first-order chi connectivity index (χ1) is 11.7. The van der Waals surface area contributed by atoms with Crippen molar-refractivity contribution in [2.24, 2.45) is 17.8 Å². The van der Waals surface area contributed by atoms with Gasteiger partial charge in [-0.15, -0.1) is 0 Å². The van der Waals surface area contributed by atoms with Crippen LogP contribution >= 0.6 is 11.6 Å². The van der Waals surface area contributed by atoms with E-state index in [1.54, 1.807) is 45.0 Å². The van der Waals surface area contributed by atoms with Crippen LogP contribution in [-0.4, -0.2) is 29.9 Å². The third-order valence-electron chi connectivity index (χ3n) is 4.66. The Kier molecular flexibility index (Phi) is 5.88. The molecule has 5 nitrogen and oxygen atoms in total. The van der Waals surface area contributed by atoms with Crippen molar-refractivity contribution in [3.05, 3.63) is 34.9 Å². The molecule has 0 bridgehead atoms. The second kappa shape index (κ2) is 7.56. The number of ether oxygens (including phenoxy) is 2. The van der Waals surface area contributed by atoms with Crippen molar-refractivity contribution in [1.82, 2.24) is 0 Å². The fourth-order valence-corrected chi connectivity index (χ4v) is 3.69. The highest BCUT2D eigenvalue weighted by Crippen LogP contribution is 2.44. The van der Waals surface area contributed by atoms with Gasteiger partial charge in [0.2, 0.25) is 0 Å². The van der Waals surface area contributed by atoms with Crippen LogP contribution in [0.15, 0.2) is 24.3 Å². The Hall–Kier alpha value is -1.88. The first kappa shape index (κ1) is 19.4. The van der Waals surface area contributed by atoms with Crippen LogP contribution < -0.4 is 0 Å². The summed E-state index contributed by atoms with van der Waals surface area (Å²) in [6, 6.07) is 6.59. The second-order valence-corrected chi connectivity index (χ2v) is 7.10. The van der Waals surface area contributed by atoms with Crippen LogP contribution in [0.1, 0.15) is 44.5 Å². The number of benzene rings is 1. The van der Waals surface area contributed by atoms with E-state index in [1.165, 1.54) is 0 Å². The van der Waals surface area contributed by atoms with Gasteiger partial charge in [-0.1, -0.05) is 18.5 Å². The largest absolute Gasteiger partial charge is 0.465 e. The molecule has 0 aromatic heterocycles. The molecule has 1 aliphatic heterocycles. The Bertz CT molecular complexity index is 665. The van der Waals surface area contributed by atoms with Crippen LogP contribution in [0.2, 0.25) is 5.02 Å². The molecule has 25 heavy (non-hydrogen) atoms. The first-order valence-corrected chi connectivity index (χ1v) is 8.80. The Morgan fingerprint density at radius 2 is 1.84 bits per heavy atom. The Balaban J connectivity index is 2.40. The van der Waals surface area contributed by atoms with Crippen LogP contribution in [0.5, 0.6) is 0 Å². The maximum atomic E-state index is 13.0. The van der Waals surface area contributed by atoms with Crippen molar-refractivity contribution in [2.45, 2.75) is 39.7 Å². The van der Waals surface area contributed by atoms with Gasteiger partial charge in [0.15, 0.2) is 11.7 Å². The molecule has 1 saturated heterocycles. The number of esters is 2. The fourth-order valence-electron chi connectivity index (χ4n) is 3.56. The Morgan fingerprint density at radius 3 is 2.36 bits per heavy atom. The molecular formula is C19H23ClO5. The average molecular weight is 367 g/mol. The molecule has 0 amide bonds. The van der Waals surface area contributed by atoms with Crippen molar-refractivity contribution in [2.75, 3.05) is 6.61 Å². The lowest BCUT2D eigenvalue weighted by Gasteiger charge is -2.32. The quantitative estimate of drug-likeness (QED) is 0.436. The van der Waals surface area contributed by atoms with Gasteiger partial charge in [-0.25, -0.2) is 0 Å². The summed E-state index contributed by atoms with van der Waals surface area (Å²) in [6.07, 6.45) is 0.474. The van der Waals surface area contributed by atoms with Crippen molar-refractivity contribution >= 4 is 29.3 Å². The number of Topliss-reactive ketones (excluding diaryl/α,β-unsaturated/α-hetero) is 1. The highest BCUT2D eigenvalue weighted by atomic mass is 35.5. The molecule has 0 spiro atoms. The number of halogens is 1. The van der Waals surface area contributed by atoms with Gasteiger partial charge in [0.05, 0.1) is 6.61 Å². The maximum Gasteiger partial charge on any atom is 0.321 e. The third kappa shape index (κ3) is 3.87. The van der Waals surface area contributed by atoms with Crippen molar-refractivity contribution in [1.29, 1.82) is 0 Å². The van der Waals surface area contributed by atoms with Crippen LogP contribution in [-0.2, 0) is 19.1 Å². The van der Waals surface area contributed by atoms with Gasteiger partial charge in [0.1, 0.15) is 5.60 Å². The van der Waals surface area contributed by atoms with Crippen LogP contribution in [0.25, 0.3) is 0 Å². The highest BCUT2D eigenvalue weighted by molar-refractivity contribution is 6.30. The van der Waals surface area contributed by atoms with E-state index in [4.69, 9.17) is 21.1 Å². The molecule has 1 aromatic rings. The maximum absolute atomic E-state index is 13.0. The van der Waals surface area contributed by atoms with Gasteiger partial charge in [0.25, 0.3) is 0 Å². The molecule has 0 unspecified atom stereocenters. The molecule has 0 saturated carbocycles. The predicted octanol–water partition coefficient (Wildman–Crippen LogP) is 3.68. The monoisotopic (exact) mass is 366 g/mol. The summed E-state index contributed by atoms with van der Waals surface area (Å²) >= 11 is 5.88. The third-order valence-corrected chi connectivity index (χ3v) is 4.91. The second-order valence-electron chi connectivity index (χ2n) is 6.67. The zero-order valence-corrected chi connectivity index (χ0v) is 15.6. The topological polar surface area (TPSA) is 69.7 Å². The van der Waals surface area contributed by atoms with Gasteiger partial charge in [-0.3, -0.25) is 14.4 Å². The number of ketones is 1. The average Bonchev–Trinajstić information content (AvgIpc) is 2.78. The normalized spacial score (nSPS) is 23.0. The number of rotatable bonds is 6. The molecule has 1 aromatic carbocycles. The smallest absolute Gasteiger partial charge is 0.321 e. The van der Waals surface area contributed by atoms with E-state index in [0.29, 0.717) is 17.0 Å². The molecule has 6 heteroatoms. The predicted molar refractivity (Wildman–Crippen MR) is 93.3 cm³/mol. The number of carbonyl (C=O) groups is 3. The van der Waals surface area contributed by atoms with E-state index in [0.717, 1.165) is 0 Å². The highest BCUT2D eigenvalue weighted by Gasteiger charge is 2.58. The molecule has 2 rings (SSSR count). The van der Waals surface area contributed by atoms with E-state index in [2.05, 4.69) is 0 Å². The van der Waals surface area contributed by atoms with E-state index in [1.807, 2.05) is 6.92 Å². The van der Waals surface area contributed by atoms with Gasteiger partial charge in [-0.2, -0.15) is 0 Å². The van der Waals surface area contributed by atoms with Crippen molar-refractivity contribution < 1.29 is 23.9 Å². The lowest BCUT2D eigenvalue weighted by molar-refractivity contribution is -0.157. The minimum atomic E-state index is -1.09. The minimum Gasteiger partial charge on any atom is -0.465 e. The van der Waals surface area contributed by atoms with E-state index < -0.39 is 35.3 Å². The van der Waals surface area contributed by atoms with Crippen LogP contribution in [0.3, 0.4) is 0 Å². The molecular weight excluding hydrogens is 344 g/mol. The number of hydrogen-bond donors (Lipinski definition) is 0. The van der Waals surface area contributed by atoms with Gasteiger partial charge in [0, 0.05) is 22.4 Å². The molecule has 1 heterocycles. The van der Waals surface area contributed by atoms with Gasteiger partial charge < -0.3 is 9.47 Å². The molecule has 136 valence electrons. The van der Waals surface area contributed by atoms with E-state index in [-0.39, 0.29) is 12.4 Å². The lowest BCUT2D eigenvalue weighted by atomic mass is 9.70. The first-order valence-electron chi connectivity index (χ1n) is 8.42. The summed E-state index contributed by atoms with van der Waals surface area (Å²) in [6.45, 7) is 7.16. The van der Waals surface area contributed by atoms with Crippen LogP contribution in [0, 0.1) is 17.8 Å². The zero-order chi connectivity index (χ0) is 18.8. The lowest BCUT2D eigenvalue weighted by Crippen LogP contribution is -2.42. The molecule has 0 radical (unpaired) electrons. The summed E-state index contributed by atoms with van der Waals surface area (Å²) in [7, 11) is 0. The number of hydrogen-bond acceptors (Lipinski definition) is 5. The van der Waals surface area contributed by atoms with Gasteiger partial charge in [-0.05, 0) is 51.5 Å². The molecule has 3 atom stereocenters. The summed E-state index contributed by atoms with van der Waals surface area (Å²) in [4.78, 5) is 37.6. The summed E-state index contributed by atoms with van der Waals surface area (Å²) < 4.78 is 10.5. The fraction of sp³-hybridized carbons (Fsp3) is 0.526. The van der Waals surface area contributed by atoms with E-state index in [9.17, 15) is 14.4 Å². The summed E-state index contributed by atoms with van der Waals surface area (Å²) in [5, 5.41) is 0.536. The Morgan fingerprint density at radius 1 is 1.24 bits per heavy atom. The molecule has 1 fully saturated rings. The van der Waals surface area contributed by atoms with Crippen LogP contribution in [0.4, 0.5) is 0 Å². The summed E-state index contributed by atoms with van der Waals surface area (Å²) in [5.41, 5.74) is -0.439. The SMILES string of the molecule is CCOC(=O)[C@H]1C(=O)OC(C)(C)[C@H]1[C@H](CC)C(=O)c1ccc(Cl)cc1. The Labute approximate surface area is 152 Å². The zero-order valence-electron chi connectivity index (χ0n) is 14.9. The van der Waals surface area contributed by atoms with Crippen molar-refractivity contribution in [3.63, 3.8) is 0 Å². The van der Waals surface area contributed by atoms with Gasteiger partial charge >= 0.3 is 11.9 Å². The molecule has 0 aliphatic carbocycles. The standard InChI is InChI=1S/C19H23ClO5/c1-5-13(16(21)11-7-9-12(20)10-8-11)15-14(17(22)24-6-2)18(23)25-19(15,3)4/h7-10,13-15H,5-6H2,1-4H3/t13-,14-,15-/m0/s1.